The molecule has 0 aliphatic carbocycles. The number of aromatic nitrogens is 1. The highest BCUT2D eigenvalue weighted by Gasteiger charge is 2.09. The van der Waals surface area contributed by atoms with E-state index in [0.717, 1.165) is 24.5 Å². The molecule has 0 aliphatic heterocycles. The molecule has 0 unspecified atom stereocenters. The van der Waals surface area contributed by atoms with E-state index in [1.807, 2.05) is 24.1 Å². The van der Waals surface area contributed by atoms with E-state index in [4.69, 9.17) is 4.74 Å². The number of rotatable bonds is 9. The molecule has 0 radical (unpaired) electrons. The Kier molecular flexibility index (Phi) is 7.60. The molecule has 6 nitrogen and oxygen atoms in total. The summed E-state index contributed by atoms with van der Waals surface area (Å²) in [5, 5.41) is 5.93. The van der Waals surface area contributed by atoms with Gasteiger partial charge in [-0.1, -0.05) is 6.07 Å². The molecule has 1 amide bonds. The van der Waals surface area contributed by atoms with Crippen molar-refractivity contribution in [3.05, 3.63) is 23.9 Å². The van der Waals surface area contributed by atoms with Crippen LogP contribution in [0.2, 0.25) is 0 Å². The van der Waals surface area contributed by atoms with Crippen LogP contribution in [0.15, 0.2) is 18.3 Å². The lowest BCUT2D eigenvalue weighted by Crippen LogP contribution is -2.28. The first kappa shape index (κ1) is 16.4. The molecular weight excluding hydrogens is 256 g/mol. The van der Waals surface area contributed by atoms with Crippen molar-refractivity contribution in [2.24, 2.45) is 0 Å². The summed E-state index contributed by atoms with van der Waals surface area (Å²) in [5.74, 6) is 0.939. The lowest BCUT2D eigenvalue weighted by Gasteiger charge is -2.21. The zero-order chi connectivity index (χ0) is 14.8. The van der Waals surface area contributed by atoms with Crippen LogP contribution < -0.4 is 15.5 Å². The van der Waals surface area contributed by atoms with Crippen molar-refractivity contribution in [2.45, 2.75) is 13.0 Å². The number of hydrogen-bond acceptors (Lipinski definition) is 5. The minimum absolute atomic E-state index is 0.0348. The standard InChI is InChI=1S/C14H24N4O2/c1-15-13(19)6-9-18(2)14-12(5-4-7-17-14)11-16-8-10-20-3/h4-5,7,16H,6,8-11H2,1-3H3,(H,15,19). The quantitative estimate of drug-likeness (QED) is 0.641. The van der Waals surface area contributed by atoms with Crippen molar-refractivity contribution in [3.8, 4) is 0 Å². The van der Waals surface area contributed by atoms with Crippen molar-refractivity contribution in [1.29, 1.82) is 0 Å². The second kappa shape index (κ2) is 9.28. The Labute approximate surface area is 120 Å². The van der Waals surface area contributed by atoms with Gasteiger partial charge in [0, 0.05) is 59.0 Å². The van der Waals surface area contributed by atoms with Gasteiger partial charge in [-0.15, -0.1) is 0 Å². The van der Waals surface area contributed by atoms with Gasteiger partial charge in [0.2, 0.25) is 5.91 Å². The second-order valence-corrected chi connectivity index (χ2v) is 4.50. The Bertz CT molecular complexity index is 412. The molecule has 0 saturated carbocycles. The molecule has 2 N–H and O–H groups in total. The zero-order valence-corrected chi connectivity index (χ0v) is 12.5. The van der Waals surface area contributed by atoms with Crippen LogP contribution in [-0.4, -0.2) is 51.8 Å². The van der Waals surface area contributed by atoms with E-state index in [2.05, 4.69) is 15.6 Å². The summed E-state index contributed by atoms with van der Waals surface area (Å²) in [6.07, 6.45) is 2.23. The van der Waals surface area contributed by atoms with Crippen molar-refractivity contribution >= 4 is 11.7 Å². The van der Waals surface area contributed by atoms with E-state index >= 15 is 0 Å². The summed E-state index contributed by atoms with van der Waals surface area (Å²) in [5.41, 5.74) is 1.11. The van der Waals surface area contributed by atoms with Gasteiger partial charge in [-0.25, -0.2) is 4.98 Å². The fraction of sp³-hybridized carbons (Fsp3) is 0.571. The molecule has 0 aliphatic rings. The predicted molar refractivity (Wildman–Crippen MR) is 79.8 cm³/mol. The monoisotopic (exact) mass is 280 g/mol. The summed E-state index contributed by atoms with van der Waals surface area (Å²) >= 11 is 0. The van der Waals surface area contributed by atoms with Gasteiger partial charge < -0.3 is 20.3 Å². The molecule has 1 rings (SSSR count). The third-order valence-electron chi connectivity index (χ3n) is 2.98. The third kappa shape index (κ3) is 5.54. The Morgan fingerprint density at radius 1 is 1.50 bits per heavy atom. The minimum Gasteiger partial charge on any atom is -0.383 e. The van der Waals surface area contributed by atoms with Crippen LogP contribution in [0.4, 0.5) is 5.82 Å². The number of nitrogens with one attached hydrogen (secondary N) is 2. The highest BCUT2D eigenvalue weighted by molar-refractivity contribution is 5.76. The molecule has 0 saturated heterocycles. The first-order valence-corrected chi connectivity index (χ1v) is 6.74. The molecule has 0 atom stereocenters. The van der Waals surface area contributed by atoms with Crippen molar-refractivity contribution in [1.82, 2.24) is 15.6 Å². The maximum absolute atomic E-state index is 11.3. The van der Waals surface area contributed by atoms with E-state index in [1.54, 1.807) is 20.4 Å². The van der Waals surface area contributed by atoms with Crippen molar-refractivity contribution in [3.63, 3.8) is 0 Å². The SMILES string of the molecule is CNC(=O)CCN(C)c1ncccc1CNCCOC. The number of carbonyl (C=O) groups excluding carboxylic acids is 1. The van der Waals surface area contributed by atoms with Crippen LogP contribution in [0.3, 0.4) is 0 Å². The molecule has 6 heteroatoms. The number of hydrogen-bond donors (Lipinski definition) is 2. The van der Waals surface area contributed by atoms with E-state index < -0.39 is 0 Å². The van der Waals surface area contributed by atoms with Crippen LogP contribution >= 0.6 is 0 Å². The smallest absolute Gasteiger partial charge is 0.221 e. The molecule has 0 fully saturated rings. The first-order chi connectivity index (χ1) is 9.69. The molecule has 112 valence electrons. The number of ether oxygens (including phenoxy) is 1. The zero-order valence-electron chi connectivity index (χ0n) is 12.5. The highest BCUT2D eigenvalue weighted by Crippen LogP contribution is 2.15. The maximum atomic E-state index is 11.3. The van der Waals surface area contributed by atoms with Crippen LogP contribution in [0, 0.1) is 0 Å². The Balaban J connectivity index is 2.56. The average molecular weight is 280 g/mol. The number of anilines is 1. The normalized spacial score (nSPS) is 10.3. The molecule has 0 aromatic carbocycles. The third-order valence-corrected chi connectivity index (χ3v) is 2.98. The molecule has 20 heavy (non-hydrogen) atoms. The summed E-state index contributed by atoms with van der Waals surface area (Å²) in [7, 11) is 5.28. The van der Waals surface area contributed by atoms with Gasteiger partial charge in [0.05, 0.1) is 6.61 Å². The number of amides is 1. The van der Waals surface area contributed by atoms with E-state index in [-0.39, 0.29) is 5.91 Å². The minimum atomic E-state index is 0.0348. The predicted octanol–water partition coefficient (Wildman–Crippen LogP) is 0.390. The van der Waals surface area contributed by atoms with Gasteiger partial charge in [-0.3, -0.25) is 4.79 Å². The van der Waals surface area contributed by atoms with Crippen molar-refractivity contribution < 1.29 is 9.53 Å². The summed E-state index contributed by atoms with van der Waals surface area (Å²) in [4.78, 5) is 17.7. The molecule has 1 heterocycles. The second-order valence-electron chi connectivity index (χ2n) is 4.50. The van der Waals surface area contributed by atoms with Crippen LogP contribution in [0.5, 0.6) is 0 Å². The summed E-state index contributed by atoms with van der Waals surface area (Å²) in [6.45, 7) is 2.85. The van der Waals surface area contributed by atoms with Gasteiger partial charge in [0.1, 0.15) is 5.82 Å². The topological polar surface area (TPSA) is 66.5 Å². The van der Waals surface area contributed by atoms with Gasteiger partial charge in [-0.05, 0) is 6.07 Å². The lowest BCUT2D eigenvalue weighted by molar-refractivity contribution is -0.120. The fourth-order valence-electron chi connectivity index (χ4n) is 1.81. The van der Waals surface area contributed by atoms with E-state index in [1.165, 1.54) is 0 Å². The number of carbonyl (C=O) groups is 1. The fourth-order valence-corrected chi connectivity index (χ4v) is 1.81. The summed E-state index contributed by atoms with van der Waals surface area (Å²) in [6, 6.07) is 3.96. The number of nitrogens with zero attached hydrogens (tertiary/aromatic N) is 2. The Morgan fingerprint density at radius 2 is 2.30 bits per heavy atom. The van der Waals surface area contributed by atoms with Crippen LogP contribution in [0.25, 0.3) is 0 Å². The lowest BCUT2D eigenvalue weighted by atomic mass is 10.2. The van der Waals surface area contributed by atoms with E-state index in [0.29, 0.717) is 19.6 Å². The maximum Gasteiger partial charge on any atom is 0.221 e. The van der Waals surface area contributed by atoms with Gasteiger partial charge in [0.25, 0.3) is 0 Å². The Morgan fingerprint density at radius 3 is 3.00 bits per heavy atom. The van der Waals surface area contributed by atoms with Gasteiger partial charge in [-0.2, -0.15) is 0 Å². The van der Waals surface area contributed by atoms with E-state index in [9.17, 15) is 4.79 Å². The largest absolute Gasteiger partial charge is 0.383 e. The van der Waals surface area contributed by atoms with Gasteiger partial charge in [0.15, 0.2) is 0 Å². The number of pyridine rings is 1. The number of methoxy groups -OCH3 is 1. The molecule has 1 aromatic rings. The van der Waals surface area contributed by atoms with Crippen LogP contribution in [0.1, 0.15) is 12.0 Å². The average Bonchev–Trinajstić information content (AvgIpc) is 2.49. The van der Waals surface area contributed by atoms with Gasteiger partial charge >= 0.3 is 0 Å². The van der Waals surface area contributed by atoms with Crippen molar-refractivity contribution in [2.75, 3.05) is 45.8 Å². The highest BCUT2D eigenvalue weighted by atomic mass is 16.5. The van der Waals surface area contributed by atoms with Crippen LogP contribution in [-0.2, 0) is 16.1 Å². The molecule has 0 bridgehead atoms. The Hall–Kier alpha value is -1.66. The molecule has 1 aromatic heterocycles. The molecular formula is C14H24N4O2. The summed E-state index contributed by atoms with van der Waals surface area (Å²) < 4.78 is 5.00. The first-order valence-electron chi connectivity index (χ1n) is 6.74. The molecule has 0 spiro atoms.